The Morgan fingerprint density at radius 3 is 2.46 bits per heavy atom. The highest BCUT2D eigenvalue weighted by atomic mass is 19.4. The molecule has 0 spiro atoms. The van der Waals surface area contributed by atoms with Gasteiger partial charge in [0.15, 0.2) is 18.2 Å². The Labute approximate surface area is 146 Å². The summed E-state index contributed by atoms with van der Waals surface area (Å²) in [6.45, 7) is 0.241. The number of carbonyl (C=O) groups is 1. The van der Waals surface area contributed by atoms with E-state index >= 15 is 0 Å². The van der Waals surface area contributed by atoms with Crippen LogP contribution in [0.2, 0.25) is 0 Å². The van der Waals surface area contributed by atoms with Crippen molar-refractivity contribution >= 4 is 11.8 Å². The minimum Gasteiger partial charge on any atom is -0.435 e. The summed E-state index contributed by atoms with van der Waals surface area (Å²) in [5, 5.41) is 22.2. The zero-order chi connectivity index (χ0) is 18.9. The van der Waals surface area contributed by atoms with Gasteiger partial charge in [0.2, 0.25) is 5.88 Å². The average Bonchev–Trinajstić information content (AvgIpc) is 3.17. The molecular formula is C17H15F3N2O4. The van der Waals surface area contributed by atoms with Gasteiger partial charge in [-0.25, -0.2) is 0 Å². The van der Waals surface area contributed by atoms with Gasteiger partial charge in [-0.3, -0.25) is 9.69 Å². The van der Waals surface area contributed by atoms with Gasteiger partial charge in [-0.1, -0.05) is 30.3 Å². The molecule has 0 aliphatic carbocycles. The fourth-order valence-corrected chi connectivity index (χ4v) is 2.57. The molecule has 0 saturated heterocycles. The highest BCUT2D eigenvalue weighted by Gasteiger charge is 2.47. The predicted molar refractivity (Wildman–Crippen MR) is 85.0 cm³/mol. The molecule has 9 heteroatoms. The summed E-state index contributed by atoms with van der Waals surface area (Å²) < 4.78 is 43.6. The molecule has 0 radical (unpaired) electrons. The Hall–Kier alpha value is -2.78. The smallest absolute Gasteiger partial charge is 0.416 e. The number of halogens is 3. The second kappa shape index (κ2) is 6.85. The number of anilines is 1. The molecule has 2 aromatic rings. The molecule has 3 rings (SSSR count). The van der Waals surface area contributed by atoms with Crippen LogP contribution in [-0.4, -0.2) is 34.8 Å². The zero-order valence-corrected chi connectivity index (χ0v) is 13.3. The standard InChI is InChI=1S/C17H15F3N2O4/c18-17(19,20)11-8-13(23)22(16(11)25)14-7-6-12(26-14)15(24)21-9-10-4-2-1-3-5-10/h1-8,13,16,23,25H,9H2,(H,21,24). The van der Waals surface area contributed by atoms with Crippen LogP contribution in [0.1, 0.15) is 16.1 Å². The average molecular weight is 368 g/mol. The number of hydrogen-bond acceptors (Lipinski definition) is 5. The number of nitrogens with zero attached hydrogens (tertiary/aromatic N) is 1. The number of amides is 1. The van der Waals surface area contributed by atoms with E-state index in [0.717, 1.165) is 5.56 Å². The van der Waals surface area contributed by atoms with Crippen molar-refractivity contribution in [1.82, 2.24) is 5.32 Å². The Morgan fingerprint density at radius 2 is 1.85 bits per heavy atom. The molecule has 3 N–H and O–H groups in total. The van der Waals surface area contributed by atoms with Crippen molar-refractivity contribution in [3.8, 4) is 0 Å². The number of alkyl halides is 3. The number of rotatable bonds is 4. The van der Waals surface area contributed by atoms with Crippen molar-refractivity contribution < 1.29 is 32.6 Å². The Kier molecular flexibility index (Phi) is 4.75. The number of aliphatic hydroxyl groups is 2. The van der Waals surface area contributed by atoms with E-state index in [9.17, 15) is 28.2 Å². The third-order valence-corrected chi connectivity index (χ3v) is 3.85. The first-order chi connectivity index (χ1) is 12.3. The quantitative estimate of drug-likeness (QED) is 0.720. The second-order valence-corrected chi connectivity index (χ2v) is 5.62. The van der Waals surface area contributed by atoms with Gasteiger partial charge in [-0.2, -0.15) is 13.2 Å². The molecular weight excluding hydrogens is 353 g/mol. The molecule has 1 aromatic carbocycles. The lowest BCUT2D eigenvalue weighted by atomic mass is 10.2. The van der Waals surface area contributed by atoms with Gasteiger partial charge in [-0.15, -0.1) is 0 Å². The number of aliphatic hydroxyl groups excluding tert-OH is 2. The van der Waals surface area contributed by atoms with Crippen LogP contribution in [0.3, 0.4) is 0 Å². The van der Waals surface area contributed by atoms with Crippen LogP contribution in [0, 0.1) is 0 Å². The number of nitrogens with one attached hydrogen (secondary N) is 1. The van der Waals surface area contributed by atoms with Crippen molar-refractivity contribution in [3.63, 3.8) is 0 Å². The Bertz CT molecular complexity index is 817. The molecule has 0 saturated carbocycles. The maximum absolute atomic E-state index is 12.8. The maximum Gasteiger partial charge on any atom is 0.416 e. The van der Waals surface area contributed by atoms with E-state index in [-0.39, 0.29) is 18.2 Å². The third-order valence-electron chi connectivity index (χ3n) is 3.85. The van der Waals surface area contributed by atoms with E-state index in [1.54, 1.807) is 0 Å². The van der Waals surface area contributed by atoms with E-state index in [1.807, 2.05) is 30.3 Å². The topological polar surface area (TPSA) is 85.9 Å². The SMILES string of the molecule is O=C(NCc1ccccc1)c1ccc(N2C(O)C=C(C(F)(F)F)C2O)o1. The number of furan rings is 1. The lowest BCUT2D eigenvalue weighted by Crippen LogP contribution is -2.39. The Balaban J connectivity index is 1.69. The molecule has 1 aliphatic rings. The van der Waals surface area contributed by atoms with Gasteiger partial charge in [0.25, 0.3) is 5.91 Å². The van der Waals surface area contributed by atoms with E-state index in [1.165, 1.54) is 12.1 Å². The fraction of sp³-hybridized carbons (Fsp3) is 0.235. The minimum absolute atomic E-state index is 0.157. The number of carbonyl (C=O) groups excluding carboxylic acids is 1. The summed E-state index contributed by atoms with van der Waals surface area (Å²) in [6.07, 6.45) is -8.16. The highest BCUT2D eigenvalue weighted by Crippen LogP contribution is 2.37. The predicted octanol–water partition coefficient (Wildman–Crippen LogP) is 2.16. The number of hydrogen-bond donors (Lipinski definition) is 3. The summed E-state index contributed by atoms with van der Waals surface area (Å²) in [7, 11) is 0. The summed E-state index contributed by atoms with van der Waals surface area (Å²) in [5.41, 5.74) is -0.437. The van der Waals surface area contributed by atoms with E-state index in [0.29, 0.717) is 11.0 Å². The van der Waals surface area contributed by atoms with E-state index in [4.69, 9.17) is 4.42 Å². The molecule has 0 fully saturated rings. The molecule has 2 unspecified atom stereocenters. The minimum atomic E-state index is -4.79. The molecule has 1 aromatic heterocycles. The normalized spacial score (nSPS) is 20.2. The van der Waals surface area contributed by atoms with Crippen LogP contribution in [0.4, 0.5) is 19.1 Å². The summed E-state index contributed by atoms with van der Waals surface area (Å²) in [6, 6.07) is 11.5. The van der Waals surface area contributed by atoms with Crippen molar-refractivity contribution in [2.75, 3.05) is 4.90 Å². The molecule has 6 nitrogen and oxygen atoms in total. The van der Waals surface area contributed by atoms with Gasteiger partial charge in [0, 0.05) is 12.6 Å². The molecule has 26 heavy (non-hydrogen) atoms. The summed E-state index contributed by atoms with van der Waals surface area (Å²) >= 11 is 0. The van der Waals surface area contributed by atoms with Crippen LogP contribution >= 0.6 is 0 Å². The lowest BCUT2D eigenvalue weighted by Gasteiger charge is -2.25. The Morgan fingerprint density at radius 1 is 1.15 bits per heavy atom. The number of benzene rings is 1. The first kappa shape index (κ1) is 18.0. The highest BCUT2D eigenvalue weighted by molar-refractivity contribution is 5.91. The first-order valence-corrected chi connectivity index (χ1v) is 7.62. The molecule has 2 heterocycles. The van der Waals surface area contributed by atoms with Gasteiger partial charge in [0.05, 0.1) is 5.57 Å². The zero-order valence-electron chi connectivity index (χ0n) is 13.3. The molecule has 1 amide bonds. The van der Waals surface area contributed by atoms with Crippen LogP contribution in [0.15, 0.2) is 58.5 Å². The summed E-state index contributed by atoms with van der Waals surface area (Å²) in [5.74, 6) is -0.992. The van der Waals surface area contributed by atoms with Crippen molar-refractivity contribution in [3.05, 3.63) is 65.4 Å². The molecule has 1 aliphatic heterocycles. The molecule has 2 atom stereocenters. The fourth-order valence-electron chi connectivity index (χ4n) is 2.57. The van der Waals surface area contributed by atoms with Crippen molar-refractivity contribution in [2.45, 2.75) is 25.2 Å². The van der Waals surface area contributed by atoms with Crippen LogP contribution in [0.5, 0.6) is 0 Å². The van der Waals surface area contributed by atoms with Crippen LogP contribution in [0.25, 0.3) is 0 Å². The summed E-state index contributed by atoms with van der Waals surface area (Å²) in [4.78, 5) is 12.7. The molecule has 138 valence electrons. The first-order valence-electron chi connectivity index (χ1n) is 7.62. The van der Waals surface area contributed by atoms with Crippen molar-refractivity contribution in [1.29, 1.82) is 0 Å². The largest absolute Gasteiger partial charge is 0.435 e. The van der Waals surface area contributed by atoms with Crippen LogP contribution < -0.4 is 10.2 Å². The maximum atomic E-state index is 12.8. The third kappa shape index (κ3) is 3.58. The lowest BCUT2D eigenvalue weighted by molar-refractivity contribution is -0.103. The van der Waals surface area contributed by atoms with Gasteiger partial charge in [-0.05, 0) is 17.7 Å². The second-order valence-electron chi connectivity index (χ2n) is 5.62. The van der Waals surface area contributed by atoms with Gasteiger partial charge in [0.1, 0.15) is 0 Å². The van der Waals surface area contributed by atoms with Crippen LogP contribution in [-0.2, 0) is 6.54 Å². The van der Waals surface area contributed by atoms with Crippen molar-refractivity contribution in [2.24, 2.45) is 0 Å². The monoisotopic (exact) mass is 368 g/mol. The van der Waals surface area contributed by atoms with E-state index < -0.39 is 30.1 Å². The molecule has 0 bridgehead atoms. The van der Waals surface area contributed by atoms with Gasteiger partial charge >= 0.3 is 6.18 Å². The van der Waals surface area contributed by atoms with Gasteiger partial charge < -0.3 is 19.9 Å². The van der Waals surface area contributed by atoms with E-state index in [2.05, 4.69) is 5.32 Å².